The molecule has 3 N–H and O–H groups in total. The van der Waals surface area contributed by atoms with Crippen LogP contribution in [-0.4, -0.2) is 19.1 Å². The molecular formula is C13H26N2. The molecule has 2 aliphatic carbocycles. The van der Waals surface area contributed by atoms with Crippen molar-refractivity contribution in [2.45, 2.75) is 57.4 Å². The largest absolute Gasteiger partial charge is 0.330 e. The Balaban J connectivity index is 1.61. The highest BCUT2D eigenvalue weighted by Gasteiger charge is 2.24. The lowest BCUT2D eigenvalue weighted by Crippen LogP contribution is -2.32. The van der Waals surface area contributed by atoms with E-state index in [0.717, 1.165) is 24.4 Å². The van der Waals surface area contributed by atoms with E-state index in [-0.39, 0.29) is 0 Å². The molecule has 2 saturated carbocycles. The van der Waals surface area contributed by atoms with E-state index in [9.17, 15) is 0 Å². The van der Waals surface area contributed by atoms with Crippen molar-refractivity contribution >= 4 is 0 Å². The van der Waals surface area contributed by atoms with Crippen molar-refractivity contribution < 1.29 is 0 Å². The Morgan fingerprint density at radius 1 is 0.933 bits per heavy atom. The lowest BCUT2D eigenvalue weighted by molar-refractivity contribution is 0.325. The second-order valence-corrected chi connectivity index (χ2v) is 5.52. The molecule has 0 bridgehead atoms. The first kappa shape index (κ1) is 11.4. The van der Waals surface area contributed by atoms with Gasteiger partial charge in [-0.25, -0.2) is 0 Å². The monoisotopic (exact) mass is 210 g/mol. The van der Waals surface area contributed by atoms with Crippen molar-refractivity contribution in [3.8, 4) is 0 Å². The molecule has 2 heteroatoms. The lowest BCUT2D eigenvalue weighted by atomic mass is 9.89. The molecule has 0 radical (unpaired) electrons. The van der Waals surface area contributed by atoms with Crippen LogP contribution in [0.2, 0.25) is 0 Å². The summed E-state index contributed by atoms with van der Waals surface area (Å²) in [5.41, 5.74) is 5.71. The Labute approximate surface area is 94.0 Å². The molecule has 2 fully saturated rings. The van der Waals surface area contributed by atoms with E-state index < -0.39 is 0 Å². The average Bonchev–Trinajstić information content (AvgIpc) is 2.76. The molecule has 15 heavy (non-hydrogen) atoms. The molecule has 0 aromatic rings. The Bertz CT molecular complexity index is 175. The van der Waals surface area contributed by atoms with Crippen LogP contribution in [0.3, 0.4) is 0 Å². The van der Waals surface area contributed by atoms with Crippen LogP contribution in [-0.2, 0) is 0 Å². The molecule has 2 aliphatic rings. The summed E-state index contributed by atoms with van der Waals surface area (Å²) in [6.07, 6.45) is 11.3. The van der Waals surface area contributed by atoms with Gasteiger partial charge in [0.1, 0.15) is 0 Å². The van der Waals surface area contributed by atoms with Gasteiger partial charge in [-0.15, -0.1) is 0 Å². The van der Waals surface area contributed by atoms with Crippen molar-refractivity contribution in [1.82, 2.24) is 5.32 Å². The lowest BCUT2D eigenvalue weighted by Gasteiger charge is -2.24. The number of hydrogen-bond donors (Lipinski definition) is 2. The van der Waals surface area contributed by atoms with Gasteiger partial charge in [-0.1, -0.05) is 19.3 Å². The summed E-state index contributed by atoms with van der Waals surface area (Å²) in [6.45, 7) is 2.16. The third-order valence-electron chi connectivity index (χ3n) is 4.29. The Morgan fingerprint density at radius 2 is 1.73 bits per heavy atom. The standard InChI is InChI=1S/C13H26N2/c14-9-12-6-7-13(8-12)15-10-11-4-2-1-3-5-11/h11-13,15H,1-10,14H2. The summed E-state index contributed by atoms with van der Waals surface area (Å²) in [4.78, 5) is 0. The minimum absolute atomic E-state index is 0.778. The molecule has 0 spiro atoms. The van der Waals surface area contributed by atoms with Crippen LogP contribution in [0.1, 0.15) is 51.4 Å². The third-order valence-corrected chi connectivity index (χ3v) is 4.29. The molecule has 88 valence electrons. The van der Waals surface area contributed by atoms with Crippen LogP contribution in [0.5, 0.6) is 0 Å². The second kappa shape index (κ2) is 5.86. The highest BCUT2D eigenvalue weighted by molar-refractivity contribution is 4.82. The van der Waals surface area contributed by atoms with Gasteiger partial charge in [-0.3, -0.25) is 0 Å². The molecule has 2 rings (SSSR count). The Kier molecular flexibility index (Phi) is 4.45. The molecule has 0 heterocycles. The first-order valence-corrected chi connectivity index (χ1v) is 6.82. The normalized spacial score (nSPS) is 33.4. The van der Waals surface area contributed by atoms with Gasteiger partial charge in [0.2, 0.25) is 0 Å². The number of hydrogen-bond acceptors (Lipinski definition) is 2. The van der Waals surface area contributed by atoms with Crippen molar-refractivity contribution in [1.29, 1.82) is 0 Å². The molecule has 0 amide bonds. The smallest absolute Gasteiger partial charge is 0.00704 e. The number of nitrogens with two attached hydrogens (primary N) is 1. The third kappa shape index (κ3) is 3.46. The first-order chi connectivity index (χ1) is 7.38. The van der Waals surface area contributed by atoms with Crippen LogP contribution < -0.4 is 11.1 Å². The van der Waals surface area contributed by atoms with Crippen LogP contribution in [0.4, 0.5) is 0 Å². The maximum absolute atomic E-state index is 5.71. The molecule has 0 saturated heterocycles. The van der Waals surface area contributed by atoms with E-state index in [0.29, 0.717) is 0 Å². The fourth-order valence-electron chi connectivity index (χ4n) is 3.20. The highest BCUT2D eigenvalue weighted by Crippen LogP contribution is 2.26. The van der Waals surface area contributed by atoms with Gasteiger partial charge in [0, 0.05) is 6.04 Å². The zero-order chi connectivity index (χ0) is 10.5. The summed E-state index contributed by atoms with van der Waals surface area (Å²) < 4.78 is 0. The highest BCUT2D eigenvalue weighted by atomic mass is 14.9. The number of nitrogens with one attached hydrogen (secondary N) is 1. The van der Waals surface area contributed by atoms with Gasteiger partial charge in [0.15, 0.2) is 0 Å². The number of rotatable bonds is 4. The predicted molar refractivity (Wildman–Crippen MR) is 64.8 cm³/mol. The van der Waals surface area contributed by atoms with Gasteiger partial charge in [-0.05, 0) is 57.0 Å². The average molecular weight is 210 g/mol. The van der Waals surface area contributed by atoms with Crippen molar-refractivity contribution in [2.24, 2.45) is 17.6 Å². The van der Waals surface area contributed by atoms with Crippen LogP contribution >= 0.6 is 0 Å². The van der Waals surface area contributed by atoms with Crippen molar-refractivity contribution in [3.63, 3.8) is 0 Å². The van der Waals surface area contributed by atoms with E-state index in [1.54, 1.807) is 0 Å². The summed E-state index contributed by atoms with van der Waals surface area (Å²) >= 11 is 0. The Morgan fingerprint density at radius 3 is 2.40 bits per heavy atom. The molecule has 2 atom stereocenters. The van der Waals surface area contributed by atoms with E-state index in [1.165, 1.54) is 57.9 Å². The van der Waals surface area contributed by atoms with Crippen LogP contribution in [0.25, 0.3) is 0 Å². The van der Waals surface area contributed by atoms with E-state index in [4.69, 9.17) is 5.73 Å². The molecule has 0 aromatic carbocycles. The molecule has 0 aromatic heterocycles. The SMILES string of the molecule is NCC1CCC(NCC2CCCCC2)C1. The quantitative estimate of drug-likeness (QED) is 0.747. The van der Waals surface area contributed by atoms with Gasteiger partial charge in [0.05, 0.1) is 0 Å². The minimum atomic E-state index is 0.778. The predicted octanol–water partition coefficient (Wildman–Crippen LogP) is 2.28. The topological polar surface area (TPSA) is 38.0 Å². The van der Waals surface area contributed by atoms with Gasteiger partial charge in [-0.2, -0.15) is 0 Å². The summed E-state index contributed by atoms with van der Waals surface area (Å²) in [5, 5.41) is 3.76. The van der Waals surface area contributed by atoms with E-state index in [1.807, 2.05) is 0 Å². The van der Waals surface area contributed by atoms with Crippen LogP contribution in [0.15, 0.2) is 0 Å². The van der Waals surface area contributed by atoms with Gasteiger partial charge in [0.25, 0.3) is 0 Å². The maximum Gasteiger partial charge on any atom is 0.00704 e. The van der Waals surface area contributed by atoms with Crippen molar-refractivity contribution in [3.05, 3.63) is 0 Å². The molecule has 0 aliphatic heterocycles. The Hall–Kier alpha value is -0.0800. The summed E-state index contributed by atoms with van der Waals surface area (Å²) in [5.74, 6) is 1.77. The molecule has 2 unspecified atom stereocenters. The zero-order valence-corrected chi connectivity index (χ0v) is 9.88. The van der Waals surface area contributed by atoms with E-state index in [2.05, 4.69) is 5.32 Å². The summed E-state index contributed by atoms with van der Waals surface area (Å²) in [7, 11) is 0. The summed E-state index contributed by atoms with van der Waals surface area (Å²) in [6, 6.07) is 0.778. The minimum Gasteiger partial charge on any atom is -0.330 e. The van der Waals surface area contributed by atoms with Crippen molar-refractivity contribution in [2.75, 3.05) is 13.1 Å². The van der Waals surface area contributed by atoms with Crippen LogP contribution in [0, 0.1) is 11.8 Å². The molecule has 2 nitrogen and oxygen atoms in total. The van der Waals surface area contributed by atoms with Gasteiger partial charge < -0.3 is 11.1 Å². The maximum atomic E-state index is 5.71. The first-order valence-electron chi connectivity index (χ1n) is 6.82. The fourth-order valence-corrected chi connectivity index (χ4v) is 3.20. The fraction of sp³-hybridized carbons (Fsp3) is 1.00. The van der Waals surface area contributed by atoms with Gasteiger partial charge >= 0.3 is 0 Å². The van der Waals surface area contributed by atoms with E-state index >= 15 is 0 Å². The molecular weight excluding hydrogens is 184 g/mol. The zero-order valence-electron chi connectivity index (χ0n) is 9.88. The second-order valence-electron chi connectivity index (χ2n) is 5.52.